The van der Waals surface area contributed by atoms with Gasteiger partial charge in [0, 0.05) is 11.4 Å². The van der Waals surface area contributed by atoms with E-state index in [-0.39, 0.29) is 35.8 Å². The number of aromatic nitrogens is 2. The van der Waals surface area contributed by atoms with Crippen LogP contribution < -0.4 is 22.1 Å². The van der Waals surface area contributed by atoms with Crippen LogP contribution in [0.5, 0.6) is 0 Å². The fourth-order valence-corrected chi connectivity index (χ4v) is 5.91. The van der Waals surface area contributed by atoms with Gasteiger partial charge in [0.2, 0.25) is 5.82 Å². The Morgan fingerprint density at radius 3 is 2.02 bits per heavy atom. The zero-order chi connectivity index (χ0) is 34.4. The number of rotatable bonds is 5. The molecule has 0 aliphatic heterocycles. The Kier molecular flexibility index (Phi) is 11.6. The molecule has 5 rings (SSSR count). The van der Waals surface area contributed by atoms with Crippen LogP contribution in [0.15, 0.2) is 23.2 Å². The lowest BCUT2D eigenvalue weighted by molar-refractivity contribution is -0.193. The van der Waals surface area contributed by atoms with Gasteiger partial charge in [0.25, 0.3) is 5.91 Å². The second-order valence-electron chi connectivity index (χ2n) is 11.4. The van der Waals surface area contributed by atoms with Gasteiger partial charge in [0.1, 0.15) is 5.82 Å². The maximum atomic E-state index is 13.1. The predicted molar refractivity (Wildman–Crippen MR) is 154 cm³/mol. The summed E-state index contributed by atoms with van der Waals surface area (Å²) in [5.41, 5.74) is 13.2. The lowest BCUT2D eigenvalue weighted by Crippen LogP contribution is -2.40. The number of carbonyl (C=O) groups is 3. The number of aliphatic imine (C=N–C) groups is 1. The monoisotopic (exact) mass is 663 g/mol. The molecule has 12 nitrogen and oxygen atoms in total. The number of fused-ring (bicyclic) bond motifs is 3. The predicted octanol–water partition coefficient (Wildman–Crippen LogP) is 4.12. The van der Waals surface area contributed by atoms with E-state index < -0.39 is 24.3 Å². The minimum atomic E-state index is -5.08. The molecule has 3 aliphatic carbocycles. The van der Waals surface area contributed by atoms with Crippen molar-refractivity contribution in [2.24, 2.45) is 28.3 Å². The molecule has 1 amide bonds. The number of carboxylic acids is 2. The quantitative estimate of drug-likeness (QED) is 0.153. The third-order valence-corrected chi connectivity index (χ3v) is 7.96. The van der Waals surface area contributed by atoms with Gasteiger partial charge in [-0.05, 0) is 63.0 Å². The first kappa shape index (κ1) is 36.1. The van der Waals surface area contributed by atoms with Gasteiger partial charge in [-0.25, -0.2) is 24.5 Å². The number of anilines is 1. The molecule has 5 atom stereocenters. The minimum absolute atomic E-state index is 0.00473. The summed E-state index contributed by atoms with van der Waals surface area (Å²) in [5, 5.41) is 22.0. The van der Waals surface area contributed by atoms with E-state index in [1.807, 2.05) is 19.1 Å². The summed E-state index contributed by atoms with van der Waals surface area (Å²) >= 11 is 0. The van der Waals surface area contributed by atoms with E-state index in [0.29, 0.717) is 11.7 Å². The smallest absolute Gasteiger partial charge is 0.475 e. The molecular formula is C28H35F6N7O5. The number of guanidine groups is 1. The topological polar surface area (TPSA) is 206 Å². The van der Waals surface area contributed by atoms with Crippen molar-refractivity contribution in [3.63, 3.8) is 0 Å². The van der Waals surface area contributed by atoms with Gasteiger partial charge in [-0.15, -0.1) is 0 Å². The summed E-state index contributed by atoms with van der Waals surface area (Å²) in [6.07, 6.45) is -1.25. The molecule has 8 N–H and O–H groups in total. The molecule has 2 bridgehead atoms. The highest BCUT2D eigenvalue weighted by Crippen LogP contribution is 2.44. The molecule has 5 unspecified atom stereocenters. The zero-order valence-electron chi connectivity index (χ0n) is 24.7. The largest absolute Gasteiger partial charge is 0.490 e. The normalized spacial score (nSPS) is 23.7. The summed E-state index contributed by atoms with van der Waals surface area (Å²) < 4.78 is 63.5. The van der Waals surface area contributed by atoms with Gasteiger partial charge < -0.3 is 32.3 Å². The number of aliphatic carboxylic acids is 2. The molecule has 0 spiro atoms. The summed E-state index contributed by atoms with van der Waals surface area (Å²) in [7, 11) is 0. The van der Waals surface area contributed by atoms with Crippen LogP contribution >= 0.6 is 0 Å². The third-order valence-electron chi connectivity index (χ3n) is 7.96. The number of alkyl halides is 6. The van der Waals surface area contributed by atoms with E-state index in [1.54, 1.807) is 0 Å². The van der Waals surface area contributed by atoms with Gasteiger partial charge in [-0.1, -0.05) is 30.9 Å². The highest BCUT2D eigenvalue weighted by Gasteiger charge is 2.41. The van der Waals surface area contributed by atoms with Crippen molar-refractivity contribution in [1.82, 2.24) is 15.3 Å². The highest BCUT2D eigenvalue weighted by molar-refractivity contribution is 5.97. The number of nitrogens with zero attached hydrogens (tertiary/aromatic N) is 3. The van der Waals surface area contributed by atoms with Crippen molar-refractivity contribution >= 4 is 40.5 Å². The number of hydrogen-bond donors (Lipinski definition) is 6. The van der Waals surface area contributed by atoms with Crippen molar-refractivity contribution in [1.29, 1.82) is 0 Å². The van der Waals surface area contributed by atoms with Gasteiger partial charge in [0.15, 0.2) is 5.96 Å². The first-order valence-corrected chi connectivity index (χ1v) is 14.4. The van der Waals surface area contributed by atoms with Crippen LogP contribution in [-0.2, 0) is 9.59 Å². The molecule has 1 aromatic heterocycles. The van der Waals surface area contributed by atoms with Gasteiger partial charge >= 0.3 is 24.3 Å². The Balaban J connectivity index is 0.000000345. The summed E-state index contributed by atoms with van der Waals surface area (Å²) in [5.74, 6) is -3.31. The van der Waals surface area contributed by atoms with E-state index in [2.05, 4.69) is 26.7 Å². The second kappa shape index (κ2) is 14.8. The fourth-order valence-electron chi connectivity index (χ4n) is 5.91. The molecule has 18 heteroatoms. The number of nitrogens with one attached hydrogen (secondary N) is 2. The number of hydrogen-bond acceptors (Lipinski definition) is 7. The Bertz CT molecular complexity index is 1420. The van der Waals surface area contributed by atoms with E-state index in [0.717, 1.165) is 54.5 Å². The first-order valence-electron chi connectivity index (χ1n) is 14.4. The van der Waals surface area contributed by atoms with E-state index in [4.69, 9.17) is 36.3 Å². The van der Waals surface area contributed by atoms with Crippen LogP contribution in [0.2, 0.25) is 0 Å². The number of amides is 1. The Morgan fingerprint density at radius 1 is 0.891 bits per heavy atom. The maximum absolute atomic E-state index is 13.1. The molecule has 254 valence electrons. The molecule has 0 radical (unpaired) electrons. The van der Waals surface area contributed by atoms with Crippen LogP contribution in [0.25, 0.3) is 10.9 Å². The average Bonchev–Trinajstić information content (AvgIpc) is 3.57. The zero-order valence-corrected chi connectivity index (χ0v) is 24.7. The SMILES string of the molecule is Cc1ccc2nc(C(=O)NC3CC4CCC3C4)nc(NC3CCCCC3N=C(N)N)c2c1.O=C(O)C(F)(F)F.O=C(O)C(F)(F)F. The first-order chi connectivity index (χ1) is 21.3. The minimum Gasteiger partial charge on any atom is -0.475 e. The molecular weight excluding hydrogens is 628 g/mol. The van der Waals surface area contributed by atoms with Gasteiger partial charge in [-0.3, -0.25) is 4.79 Å². The van der Waals surface area contributed by atoms with Crippen molar-refractivity contribution in [2.45, 2.75) is 88.8 Å². The molecule has 46 heavy (non-hydrogen) atoms. The standard InChI is InChI=1S/C24H33N7O.2C2HF3O2/c1-13-6-9-17-16(10-13)21(28-18-4-2-3-5-19(18)30-24(25)26)31-22(27-17)23(32)29-20-12-14-7-8-15(20)11-14;2*3-2(4,5)1(6)7/h6,9-10,14-15,18-20H,2-5,7-8,11-12H2,1H3,(H,29,32)(H4,25,26,30)(H,27,28,31);2*(H,6,7). The molecule has 3 fully saturated rings. The number of carbonyl (C=O) groups excluding carboxylic acids is 1. The average molecular weight is 664 g/mol. The molecule has 1 heterocycles. The third kappa shape index (κ3) is 10.1. The highest BCUT2D eigenvalue weighted by atomic mass is 19.4. The Labute approximate surface area is 259 Å². The Morgan fingerprint density at radius 2 is 1.50 bits per heavy atom. The molecule has 2 aromatic rings. The van der Waals surface area contributed by atoms with Gasteiger partial charge in [0.05, 0.1) is 17.6 Å². The lowest BCUT2D eigenvalue weighted by atomic mass is 9.90. The summed E-state index contributed by atoms with van der Waals surface area (Å²) in [6.45, 7) is 2.04. The number of nitrogens with two attached hydrogens (primary N) is 2. The Hall–Kier alpha value is -4.38. The number of aryl methyl sites for hydroxylation is 1. The van der Waals surface area contributed by atoms with Crippen LogP contribution in [0.1, 0.15) is 67.5 Å². The number of carboxylic acid groups (broad SMARTS) is 2. The van der Waals surface area contributed by atoms with Crippen LogP contribution in [0.3, 0.4) is 0 Å². The fraction of sp³-hybridized carbons (Fsp3) is 0.571. The van der Waals surface area contributed by atoms with Crippen LogP contribution in [0, 0.1) is 18.8 Å². The second-order valence-corrected chi connectivity index (χ2v) is 11.4. The van der Waals surface area contributed by atoms with Crippen molar-refractivity contribution in [3.8, 4) is 0 Å². The van der Waals surface area contributed by atoms with Crippen molar-refractivity contribution in [3.05, 3.63) is 29.6 Å². The summed E-state index contributed by atoms with van der Waals surface area (Å²) in [6, 6.07) is 6.34. The van der Waals surface area contributed by atoms with Crippen molar-refractivity contribution in [2.75, 3.05) is 5.32 Å². The van der Waals surface area contributed by atoms with Crippen LogP contribution in [-0.4, -0.2) is 74.5 Å². The van der Waals surface area contributed by atoms with E-state index in [1.165, 1.54) is 19.3 Å². The molecule has 1 aromatic carbocycles. The van der Waals surface area contributed by atoms with Gasteiger partial charge in [-0.2, -0.15) is 26.3 Å². The van der Waals surface area contributed by atoms with E-state index >= 15 is 0 Å². The van der Waals surface area contributed by atoms with Crippen molar-refractivity contribution < 1.29 is 50.9 Å². The number of benzene rings is 1. The molecule has 0 saturated heterocycles. The van der Waals surface area contributed by atoms with Crippen LogP contribution in [0.4, 0.5) is 32.2 Å². The molecule has 3 aliphatic rings. The summed E-state index contributed by atoms with van der Waals surface area (Å²) in [4.78, 5) is 44.7. The number of halogens is 6. The molecule has 3 saturated carbocycles. The maximum Gasteiger partial charge on any atom is 0.490 e. The van der Waals surface area contributed by atoms with E-state index in [9.17, 15) is 31.1 Å². The lowest BCUT2D eigenvalue weighted by Gasteiger charge is -2.30.